The van der Waals surface area contributed by atoms with Gasteiger partial charge in [-0.15, -0.1) is 0 Å². The van der Waals surface area contributed by atoms with Gasteiger partial charge in [-0.1, -0.05) is 44.0 Å². The molecular formula is C16H20ClNO2. The molecule has 1 N–H and O–H groups in total. The van der Waals surface area contributed by atoms with Crippen LogP contribution in [0.1, 0.15) is 37.6 Å². The summed E-state index contributed by atoms with van der Waals surface area (Å²) in [6, 6.07) is 5.05. The number of benzene rings is 1. The average molecular weight is 294 g/mol. The number of hydrogen-bond donors (Lipinski definition) is 1. The zero-order valence-corrected chi connectivity index (χ0v) is 12.9. The molecule has 20 heavy (non-hydrogen) atoms. The largest absolute Gasteiger partial charge is 0.478 e. The number of halogens is 1. The molecule has 1 aliphatic heterocycles. The van der Waals surface area contributed by atoms with Gasteiger partial charge in [0.25, 0.3) is 0 Å². The molecule has 1 aliphatic rings. The van der Waals surface area contributed by atoms with E-state index in [-0.39, 0.29) is 11.0 Å². The van der Waals surface area contributed by atoms with Crippen molar-refractivity contribution >= 4 is 23.3 Å². The second kappa shape index (κ2) is 5.49. The molecule has 0 unspecified atom stereocenters. The van der Waals surface area contributed by atoms with E-state index in [1.54, 1.807) is 12.1 Å². The number of nitrogens with zero attached hydrogens (tertiary/aromatic N) is 1. The molecule has 0 atom stereocenters. The summed E-state index contributed by atoms with van der Waals surface area (Å²) in [5, 5.41) is 9.75. The molecule has 3 nitrogen and oxygen atoms in total. The monoisotopic (exact) mass is 293 g/mol. The van der Waals surface area contributed by atoms with E-state index in [2.05, 4.69) is 31.7 Å². The summed E-state index contributed by atoms with van der Waals surface area (Å²) in [6.45, 7) is 8.21. The van der Waals surface area contributed by atoms with Crippen LogP contribution in [0.15, 0.2) is 29.8 Å². The molecule has 0 aliphatic carbocycles. The normalized spacial score (nSPS) is 16.0. The fraction of sp³-hybridized carbons (Fsp3) is 0.438. The topological polar surface area (TPSA) is 40.5 Å². The molecular weight excluding hydrogens is 274 g/mol. The summed E-state index contributed by atoms with van der Waals surface area (Å²) in [4.78, 5) is 13.4. The summed E-state index contributed by atoms with van der Waals surface area (Å²) < 4.78 is 0. The quantitative estimate of drug-likeness (QED) is 0.830. The molecule has 0 fully saturated rings. The summed E-state index contributed by atoms with van der Waals surface area (Å²) in [6.07, 6.45) is 3.18. The summed E-state index contributed by atoms with van der Waals surface area (Å²) in [7, 11) is 0. The molecule has 0 aromatic heterocycles. The zero-order chi connectivity index (χ0) is 14.9. The maximum Gasteiger partial charge on any atom is 0.337 e. The van der Waals surface area contributed by atoms with Crippen LogP contribution >= 0.6 is 11.6 Å². The van der Waals surface area contributed by atoms with Crippen LogP contribution in [0.3, 0.4) is 0 Å². The third-order valence-electron chi connectivity index (χ3n) is 3.70. The van der Waals surface area contributed by atoms with Gasteiger partial charge in [0, 0.05) is 18.1 Å². The highest BCUT2D eigenvalue weighted by Crippen LogP contribution is 2.33. The van der Waals surface area contributed by atoms with E-state index < -0.39 is 5.97 Å². The first-order valence-electron chi connectivity index (χ1n) is 6.76. The number of carboxylic acids is 1. The van der Waals surface area contributed by atoms with Gasteiger partial charge < -0.3 is 10.0 Å². The van der Waals surface area contributed by atoms with Crippen molar-refractivity contribution < 1.29 is 9.90 Å². The van der Waals surface area contributed by atoms with Crippen LogP contribution in [0.25, 0.3) is 0 Å². The lowest BCUT2D eigenvalue weighted by Crippen LogP contribution is -2.32. The van der Waals surface area contributed by atoms with Gasteiger partial charge >= 0.3 is 5.97 Å². The third-order valence-corrected chi connectivity index (χ3v) is 3.94. The first-order valence-corrected chi connectivity index (χ1v) is 7.14. The van der Waals surface area contributed by atoms with Crippen molar-refractivity contribution in [2.45, 2.75) is 27.2 Å². The Labute approximate surface area is 124 Å². The van der Waals surface area contributed by atoms with Crippen molar-refractivity contribution in [1.82, 2.24) is 0 Å². The van der Waals surface area contributed by atoms with Gasteiger partial charge in [-0.25, -0.2) is 4.79 Å². The molecule has 1 aromatic rings. The van der Waals surface area contributed by atoms with Gasteiger partial charge in [-0.2, -0.15) is 0 Å². The number of aromatic carboxylic acids is 1. The van der Waals surface area contributed by atoms with Crippen molar-refractivity contribution in [3.8, 4) is 0 Å². The Balaban J connectivity index is 2.27. The second-order valence-corrected chi connectivity index (χ2v) is 6.58. The van der Waals surface area contributed by atoms with Crippen LogP contribution in [0, 0.1) is 5.41 Å². The van der Waals surface area contributed by atoms with Crippen LogP contribution in [-0.4, -0.2) is 24.2 Å². The third kappa shape index (κ3) is 3.15. The molecule has 4 heteroatoms. The Morgan fingerprint density at radius 2 is 2.05 bits per heavy atom. The Morgan fingerprint density at radius 3 is 2.55 bits per heavy atom. The molecule has 0 amide bonds. The number of hydrogen-bond acceptors (Lipinski definition) is 2. The van der Waals surface area contributed by atoms with E-state index in [1.165, 1.54) is 11.6 Å². The van der Waals surface area contributed by atoms with E-state index in [4.69, 9.17) is 11.6 Å². The van der Waals surface area contributed by atoms with E-state index >= 15 is 0 Å². The highest BCUT2D eigenvalue weighted by molar-refractivity contribution is 6.31. The molecule has 0 radical (unpaired) electrons. The SMILES string of the molecule is CC(C)(C)C1=CCN(c2ccc(Cl)cc2C(=O)O)CC1. The molecule has 108 valence electrons. The molecule has 0 saturated carbocycles. The van der Waals surface area contributed by atoms with Crippen molar-refractivity contribution in [2.75, 3.05) is 18.0 Å². The predicted molar refractivity (Wildman–Crippen MR) is 82.8 cm³/mol. The first kappa shape index (κ1) is 14.9. The lowest BCUT2D eigenvalue weighted by atomic mass is 9.83. The smallest absolute Gasteiger partial charge is 0.337 e. The zero-order valence-electron chi connectivity index (χ0n) is 12.1. The number of carbonyl (C=O) groups is 1. The minimum atomic E-state index is -0.937. The number of rotatable bonds is 2. The van der Waals surface area contributed by atoms with Crippen LogP contribution in [0.5, 0.6) is 0 Å². The summed E-state index contributed by atoms with van der Waals surface area (Å²) in [5.41, 5.74) is 2.62. The number of anilines is 1. The van der Waals surface area contributed by atoms with E-state index in [0.29, 0.717) is 5.02 Å². The van der Waals surface area contributed by atoms with Crippen LogP contribution in [-0.2, 0) is 0 Å². The van der Waals surface area contributed by atoms with Crippen LogP contribution < -0.4 is 4.90 Å². The Bertz CT molecular complexity index is 558. The van der Waals surface area contributed by atoms with Crippen LogP contribution in [0.2, 0.25) is 5.02 Å². The first-order chi connectivity index (χ1) is 9.29. The fourth-order valence-corrected chi connectivity index (χ4v) is 2.70. The molecule has 0 spiro atoms. The standard InChI is InChI=1S/C16H20ClNO2/c1-16(2,3)11-6-8-18(9-7-11)14-5-4-12(17)10-13(14)15(19)20/h4-6,10H,7-9H2,1-3H3,(H,19,20). The molecule has 2 rings (SSSR count). The fourth-order valence-electron chi connectivity index (χ4n) is 2.52. The molecule has 1 heterocycles. The van der Waals surface area contributed by atoms with Gasteiger partial charge in [-0.3, -0.25) is 0 Å². The van der Waals surface area contributed by atoms with Gasteiger partial charge in [0.05, 0.1) is 11.3 Å². The van der Waals surface area contributed by atoms with Gasteiger partial charge in [0.2, 0.25) is 0 Å². The average Bonchev–Trinajstić information content (AvgIpc) is 2.37. The maximum absolute atomic E-state index is 11.3. The highest BCUT2D eigenvalue weighted by atomic mass is 35.5. The van der Waals surface area contributed by atoms with E-state index in [1.807, 2.05) is 0 Å². The van der Waals surface area contributed by atoms with Crippen molar-refractivity contribution in [3.05, 3.63) is 40.4 Å². The molecule has 0 saturated heterocycles. The molecule has 0 bridgehead atoms. The lowest BCUT2D eigenvalue weighted by Gasteiger charge is -2.34. The van der Waals surface area contributed by atoms with Gasteiger partial charge in [0.15, 0.2) is 0 Å². The van der Waals surface area contributed by atoms with Crippen LogP contribution in [0.4, 0.5) is 5.69 Å². The summed E-state index contributed by atoms with van der Waals surface area (Å²) in [5.74, 6) is -0.937. The molecule has 1 aromatic carbocycles. The van der Waals surface area contributed by atoms with Crippen molar-refractivity contribution in [1.29, 1.82) is 0 Å². The van der Waals surface area contributed by atoms with E-state index in [0.717, 1.165) is 25.2 Å². The Hall–Kier alpha value is -1.48. The van der Waals surface area contributed by atoms with Gasteiger partial charge in [0.1, 0.15) is 0 Å². The predicted octanol–water partition coefficient (Wildman–Crippen LogP) is 4.22. The van der Waals surface area contributed by atoms with Crippen molar-refractivity contribution in [2.24, 2.45) is 5.41 Å². The second-order valence-electron chi connectivity index (χ2n) is 6.14. The lowest BCUT2D eigenvalue weighted by molar-refractivity contribution is 0.0697. The Kier molecular flexibility index (Phi) is 4.09. The highest BCUT2D eigenvalue weighted by Gasteiger charge is 2.23. The minimum absolute atomic E-state index is 0.182. The number of carboxylic acid groups (broad SMARTS) is 1. The summed E-state index contributed by atoms with van der Waals surface area (Å²) >= 11 is 5.89. The Morgan fingerprint density at radius 1 is 1.35 bits per heavy atom. The maximum atomic E-state index is 11.3. The van der Waals surface area contributed by atoms with Crippen molar-refractivity contribution in [3.63, 3.8) is 0 Å². The van der Waals surface area contributed by atoms with E-state index in [9.17, 15) is 9.90 Å². The minimum Gasteiger partial charge on any atom is -0.478 e. The van der Waals surface area contributed by atoms with Gasteiger partial charge in [-0.05, 0) is 30.0 Å².